The first-order valence-electron chi connectivity index (χ1n) is 8.15. The van der Waals surface area contributed by atoms with Gasteiger partial charge in [-0.05, 0) is 31.1 Å². The Hall–Kier alpha value is -3.36. The predicted octanol–water partition coefficient (Wildman–Crippen LogP) is -0.0311. The number of benzene rings is 1. The summed E-state index contributed by atoms with van der Waals surface area (Å²) in [5.74, 6) is -1.88. The van der Waals surface area contributed by atoms with Crippen molar-refractivity contribution in [2.24, 2.45) is 0 Å². The van der Waals surface area contributed by atoms with E-state index >= 15 is 0 Å². The summed E-state index contributed by atoms with van der Waals surface area (Å²) in [4.78, 5) is 47.0. The molecule has 1 fully saturated rings. The van der Waals surface area contributed by atoms with E-state index in [0.717, 1.165) is 12.8 Å². The number of hydrogen-bond donors (Lipinski definition) is 4. The van der Waals surface area contributed by atoms with Gasteiger partial charge >= 0.3 is 5.97 Å². The topological polar surface area (TPSA) is 126 Å². The highest BCUT2D eigenvalue weighted by molar-refractivity contribution is 6.04. The van der Waals surface area contributed by atoms with Crippen molar-refractivity contribution in [3.8, 4) is 0 Å². The number of carbonyl (C=O) groups excluding carboxylic acids is 4. The molecular weight excluding hydrogens is 340 g/mol. The van der Waals surface area contributed by atoms with Crippen molar-refractivity contribution in [1.82, 2.24) is 16.2 Å². The fourth-order valence-corrected chi connectivity index (χ4v) is 2.24. The number of esters is 1. The summed E-state index contributed by atoms with van der Waals surface area (Å²) in [5, 5.41) is 5.42. The van der Waals surface area contributed by atoms with Gasteiger partial charge in [0.15, 0.2) is 6.61 Å². The van der Waals surface area contributed by atoms with E-state index in [2.05, 4.69) is 21.5 Å². The van der Waals surface area contributed by atoms with Crippen molar-refractivity contribution < 1.29 is 23.9 Å². The van der Waals surface area contributed by atoms with Gasteiger partial charge in [0, 0.05) is 12.5 Å². The molecular formula is C17H18N4O5. The van der Waals surface area contributed by atoms with Crippen LogP contribution >= 0.6 is 0 Å². The first-order valence-corrected chi connectivity index (χ1v) is 8.15. The van der Waals surface area contributed by atoms with Crippen molar-refractivity contribution in [1.29, 1.82) is 0 Å². The highest BCUT2D eigenvalue weighted by Crippen LogP contribution is 2.21. The second-order valence-corrected chi connectivity index (χ2v) is 5.91. The number of hydrazine groups is 1. The van der Waals surface area contributed by atoms with Crippen LogP contribution in [-0.2, 0) is 19.1 Å². The average molecular weight is 358 g/mol. The molecule has 9 nitrogen and oxygen atoms in total. The Labute approximate surface area is 149 Å². The van der Waals surface area contributed by atoms with Gasteiger partial charge in [-0.1, -0.05) is 12.1 Å². The molecule has 0 unspecified atom stereocenters. The van der Waals surface area contributed by atoms with Gasteiger partial charge in [0.25, 0.3) is 11.8 Å². The van der Waals surface area contributed by atoms with Crippen LogP contribution < -0.4 is 21.5 Å². The zero-order valence-corrected chi connectivity index (χ0v) is 13.8. The molecule has 1 aliphatic heterocycles. The molecule has 0 radical (unpaired) electrons. The summed E-state index contributed by atoms with van der Waals surface area (Å²) in [7, 11) is 0. The number of amides is 3. The van der Waals surface area contributed by atoms with E-state index in [1.165, 1.54) is 6.08 Å². The normalized spacial score (nSPS) is 15.8. The fraction of sp³-hybridized carbons (Fsp3) is 0.294. The van der Waals surface area contributed by atoms with Gasteiger partial charge in [0.05, 0.1) is 11.3 Å². The third-order valence-electron chi connectivity index (χ3n) is 3.74. The van der Waals surface area contributed by atoms with Crippen LogP contribution in [0, 0.1) is 0 Å². The summed E-state index contributed by atoms with van der Waals surface area (Å²) >= 11 is 0. The van der Waals surface area contributed by atoms with Gasteiger partial charge in [-0.15, -0.1) is 0 Å². The highest BCUT2D eigenvalue weighted by atomic mass is 16.5. The van der Waals surface area contributed by atoms with Crippen molar-refractivity contribution in [3.05, 3.63) is 41.6 Å². The Kier molecular flexibility index (Phi) is 5.16. The molecule has 3 rings (SSSR count). The zero-order valence-electron chi connectivity index (χ0n) is 13.8. The quantitative estimate of drug-likeness (QED) is 0.529. The van der Waals surface area contributed by atoms with Crippen LogP contribution in [0.5, 0.6) is 0 Å². The predicted molar refractivity (Wildman–Crippen MR) is 90.5 cm³/mol. The molecule has 1 saturated carbocycles. The summed E-state index contributed by atoms with van der Waals surface area (Å²) in [6, 6.07) is 6.80. The lowest BCUT2D eigenvalue weighted by Crippen LogP contribution is -2.42. The second-order valence-electron chi connectivity index (χ2n) is 5.91. The molecule has 1 heterocycles. The van der Waals surface area contributed by atoms with Gasteiger partial charge < -0.3 is 15.4 Å². The largest absolute Gasteiger partial charge is 0.451 e. The summed E-state index contributed by atoms with van der Waals surface area (Å²) in [6.45, 7) is -0.523. The number of hydrogen-bond acceptors (Lipinski definition) is 6. The molecule has 0 bridgehead atoms. The van der Waals surface area contributed by atoms with E-state index in [9.17, 15) is 19.2 Å². The van der Waals surface area contributed by atoms with Crippen LogP contribution in [0.1, 0.15) is 29.6 Å². The Morgan fingerprint density at radius 2 is 1.92 bits per heavy atom. The van der Waals surface area contributed by atoms with Crippen molar-refractivity contribution in [3.63, 3.8) is 0 Å². The number of rotatable bonds is 6. The minimum Gasteiger partial charge on any atom is -0.451 e. The van der Waals surface area contributed by atoms with E-state index in [1.54, 1.807) is 24.3 Å². The number of nitrogens with one attached hydrogen (secondary N) is 4. The molecule has 136 valence electrons. The molecule has 26 heavy (non-hydrogen) atoms. The maximum atomic E-state index is 12.2. The van der Waals surface area contributed by atoms with Gasteiger partial charge in [0.2, 0.25) is 5.91 Å². The van der Waals surface area contributed by atoms with Crippen molar-refractivity contribution in [2.45, 2.75) is 25.3 Å². The Balaban J connectivity index is 1.54. The lowest BCUT2D eigenvalue weighted by molar-refractivity contribution is -0.144. The fourth-order valence-electron chi connectivity index (χ4n) is 2.24. The average Bonchev–Trinajstić information content (AvgIpc) is 3.44. The maximum absolute atomic E-state index is 12.2. The van der Waals surface area contributed by atoms with E-state index < -0.39 is 18.5 Å². The molecule has 1 aromatic rings. The van der Waals surface area contributed by atoms with Crippen LogP contribution in [-0.4, -0.2) is 36.3 Å². The van der Waals surface area contributed by atoms with Crippen LogP contribution in [0.4, 0.5) is 5.69 Å². The standard InChI is InChI=1S/C17H18N4O5/c22-14-8-7-13(20-21-14)17(25)26-9-15(23)19-12-4-2-1-3-11(12)16(24)18-10-5-6-10/h1-4,7,10,20H,5-6,8-9H2,(H,18,24)(H,19,23)(H,21,22). The highest BCUT2D eigenvalue weighted by Gasteiger charge is 2.25. The molecule has 0 spiro atoms. The molecule has 0 saturated heterocycles. The van der Waals surface area contributed by atoms with E-state index in [-0.39, 0.29) is 30.0 Å². The zero-order chi connectivity index (χ0) is 18.5. The monoisotopic (exact) mass is 358 g/mol. The minimum absolute atomic E-state index is 0.0487. The van der Waals surface area contributed by atoms with Gasteiger partial charge in [-0.2, -0.15) is 0 Å². The number of ether oxygens (including phenoxy) is 1. The summed E-state index contributed by atoms with van der Waals surface area (Å²) in [5.41, 5.74) is 5.41. The van der Waals surface area contributed by atoms with Gasteiger partial charge in [-0.3, -0.25) is 25.2 Å². The van der Waals surface area contributed by atoms with Gasteiger partial charge in [-0.25, -0.2) is 4.79 Å². The number of anilines is 1. The molecule has 0 atom stereocenters. The van der Waals surface area contributed by atoms with Crippen molar-refractivity contribution >= 4 is 29.4 Å². The third-order valence-corrected chi connectivity index (χ3v) is 3.74. The summed E-state index contributed by atoms with van der Waals surface area (Å²) < 4.78 is 4.89. The minimum atomic E-state index is -0.764. The van der Waals surface area contributed by atoms with E-state index in [4.69, 9.17) is 4.74 Å². The maximum Gasteiger partial charge on any atom is 0.356 e. The molecule has 1 aromatic carbocycles. The first kappa shape index (κ1) is 17.5. The third kappa shape index (κ3) is 4.59. The number of para-hydroxylation sites is 1. The summed E-state index contributed by atoms with van der Waals surface area (Å²) in [6.07, 6.45) is 3.34. The molecule has 1 aliphatic carbocycles. The molecule has 0 aromatic heterocycles. The number of carbonyl (C=O) groups is 4. The van der Waals surface area contributed by atoms with Crippen LogP contribution in [0.25, 0.3) is 0 Å². The van der Waals surface area contributed by atoms with Crippen LogP contribution in [0.3, 0.4) is 0 Å². The second kappa shape index (κ2) is 7.68. The van der Waals surface area contributed by atoms with E-state index in [0.29, 0.717) is 11.3 Å². The Morgan fingerprint density at radius 1 is 1.15 bits per heavy atom. The Bertz CT molecular complexity index is 785. The van der Waals surface area contributed by atoms with Crippen LogP contribution in [0.2, 0.25) is 0 Å². The molecule has 4 N–H and O–H groups in total. The Morgan fingerprint density at radius 3 is 2.62 bits per heavy atom. The smallest absolute Gasteiger partial charge is 0.356 e. The molecule has 9 heteroatoms. The van der Waals surface area contributed by atoms with Crippen molar-refractivity contribution in [2.75, 3.05) is 11.9 Å². The first-order chi connectivity index (χ1) is 12.5. The lowest BCUT2D eigenvalue weighted by atomic mass is 10.1. The van der Waals surface area contributed by atoms with Gasteiger partial charge in [0.1, 0.15) is 5.70 Å². The lowest BCUT2D eigenvalue weighted by Gasteiger charge is -2.15. The van der Waals surface area contributed by atoms with E-state index in [1.807, 2.05) is 0 Å². The molecule has 3 amide bonds. The van der Waals surface area contributed by atoms with Crippen LogP contribution in [0.15, 0.2) is 36.0 Å². The molecule has 2 aliphatic rings. The SMILES string of the molecule is O=C1CC=C(C(=O)OCC(=O)Nc2ccccc2C(=O)NC2CC2)NN1.